The van der Waals surface area contributed by atoms with Crippen LogP contribution in [0.1, 0.15) is 40.3 Å². The van der Waals surface area contributed by atoms with E-state index in [1.165, 1.54) is 27.7 Å². The number of hydrogen-bond donors (Lipinski definition) is 0. The van der Waals surface area contributed by atoms with Gasteiger partial charge in [0.1, 0.15) is 12.4 Å². The van der Waals surface area contributed by atoms with Gasteiger partial charge >= 0.3 is 0 Å². The normalized spacial score (nSPS) is 15.3. The van der Waals surface area contributed by atoms with Crippen molar-refractivity contribution in [3.05, 3.63) is 159 Å². The third-order valence-corrected chi connectivity index (χ3v) is 11.3. The number of hydrogen-bond acceptors (Lipinski definition) is 6. The highest BCUT2D eigenvalue weighted by molar-refractivity contribution is 9.11. The van der Waals surface area contributed by atoms with Crippen molar-refractivity contribution in [3.63, 3.8) is 0 Å². The van der Waals surface area contributed by atoms with E-state index in [2.05, 4.69) is 86.5 Å². The van der Waals surface area contributed by atoms with Crippen LogP contribution >= 0.6 is 43.2 Å². The molecule has 8 rings (SSSR count). The van der Waals surface area contributed by atoms with Crippen LogP contribution in [0.25, 0.3) is 22.5 Å². The lowest BCUT2D eigenvalue weighted by molar-refractivity contribution is 0.303. The Labute approximate surface area is 303 Å². The first kappa shape index (κ1) is 31.8. The van der Waals surface area contributed by atoms with Crippen LogP contribution in [0.2, 0.25) is 0 Å². The molecule has 5 aromatic carbocycles. The van der Waals surface area contributed by atoms with E-state index in [9.17, 15) is 4.79 Å². The first-order valence-corrected chi connectivity index (χ1v) is 18.3. The van der Waals surface area contributed by atoms with Crippen molar-refractivity contribution in [1.29, 1.82) is 0 Å². The molecule has 0 amide bonds. The highest BCUT2D eigenvalue weighted by Crippen LogP contribution is 2.43. The number of benzene rings is 5. The molecule has 1 aromatic heterocycles. The van der Waals surface area contributed by atoms with Crippen LogP contribution in [0.3, 0.4) is 0 Å². The summed E-state index contributed by atoms with van der Waals surface area (Å²) in [4.78, 5) is 20.2. The molecule has 0 saturated heterocycles. The van der Waals surface area contributed by atoms with Crippen LogP contribution in [0.15, 0.2) is 121 Å². The Balaban J connectivity index is 1.20. The zero-order chi connectivity index (χ0) is 33.6. The van der Waals surface area contributed by atoms with Crippen molar-refractivity contribution in [2.45, 2.75) is 25.5 Å². The first-order valence-electron chi connectivity index (χ1n) is 15.9. The Morgan fingerprint density at radius 1 is 0.878 bits per heavy atom. The Bertz CT molecular complexity index is 2470. The van der Waals surface area contributed by atoms with Gasteiger partial charge in [0.2, 0.25) is 0 Å². The van der Waals surface area contributed by atoms with Gasteiger partial charge in [0.25, 0.3) is 5.56 Å². The minimum absolute atomic E-state index is 0.0857. The van der Waals surface area contributed by atoms with Gasteiger partial charge in [0.15, 0.2) is 16.3 Å². The third kappa shape index (κ3) is 5.73. The maximum Gasteiger partial charge on any atom is 0.271 e. The second kappa shape index (κ2) is 13.1. The molecule has 1 aliphatic carbocycles. The second-order valence-corrected chi connectivity index (χ2v) is 14.7. The lowest BCUT2D eigenvalue weighted by Crippen LogP contribution is -2.38. The molecule has 0 saturated carbocycles. The fourth-order valence-electron chi connectivity index (χ4n) is 6.87. The fraction of sp³-hybridized carbons (Fsp3) is 0.150. The second-order valence-electron chi connectivity index (χ2n) is 12.0. The largest absolute Gasteiger partial charge is 0.493 e. The van der Waals surface area contributed by atoms with E-state index >= 15 is 0 Å². The number of halogens is 2. The quantitative estimate of drug-likeness (QED) is 0.163. The van der Waals surface area contributed by atoms with E-state index < -0.39 is 0 Å². The van der Waals surface area contributed by atoms with Crippen LogP contribution in [0, 0.1) is 0 Å². The van der Waals surface area contributed by atoms with Crippen molar-refractivity contribution in [1.82, 2.24) is 4.57 Å². The number of ether oxygens (including phenoxy) is 3. The van der Waals surface area contributed by atoms with Gasteiger partial charge in [-0.1, -0.05) is 84.1 Å². The van der Waals surface area contributed by atoms with Gasteiger partial charge in [-0.25, -0.2) is 4.99 Å². The summed E-state index contributed by atoms with van der Waals surface area (Å²) in [7, 11) is 3.25. The highest BCUT2D eigenvalue weighted by Gasteiger charge is 2.33. The lowest BCUT2D eigenvalue weighted by Gasteiger charge is -2.31. The number of methoxy groups -OCH3 is 2. The topological polar surface area (TPSA) is 62.0 Å². The Morgan fingerprint density at radius 3 is 2.45 bits per heavy atom. The molecular formula is C40H30Br2N2O4S. The summed E-state index contributed by atoms with van der Waals surface area (Å²) in [6.07, 6.45) is 3.62. The molecule has 0 bridgehead atoms. The van der Waals surface area contributed by atoms with E-state index in [1.807, 2.05) is 53.1 Å². The summed E-state index contributed by atoms with van der Waals surface area (Å²) >= 11 is 8.86. The molecular weight excluding hydrogens is 764 g/mol. The van der Waals surface area contributed by atoms with Crippen molar-refractivity contribution in [2.24, 2.45) is 4.99 Å². The van der Waals surface area contributed by atoms with Crippen molar-refractivity contribution < 1.29 is 14.2 Å². The van der Waals surface area contributed by atoms with E-state index in [0.29, 0.717) is 33.2 Å². The van der Waals surface area contributed by atoms with E-state index in [1.54, 1.807) is 14.2 Å². The molecule has 244 valence electrons. The molecule has 2 aliphatic rings. The third-order valence-electron chi connectivity index (χ3n) is 9.17. The summed E-state index contributed by atoms with van der Waals surface area (Å²) in [6.45, 7) is 0.417. The zero-order valence-corrected chi connectivity index (χ0v) is 30.7. The number of fused-ring (bicyclic) bond motifs is 4. The minimum atomic E-state index is -0.329. The van der Waals surface area contributed by atoms with Gasteiger partial charge in [-0.2, -0.15) is 0 Å². The molecule has 0 spiro atoms. The van der Waals surface area contributed by atoms with Crippen molar-refractivity contribution in [2.75, 3.05) is 14.2 Å². The number of aryl methyl sites for hydroxylation is 1. The van der Waals surface area contributed by atoms with Gasteiger partial charge < -0.3 is 14.2 Å². The van der Waals surface area contributed by atoms with Crippen LogP contribution in [-0.2, 0) is 13.0 Å². The number of allylic oxidation sites excluding steroid dienone is 1. The van der Waals surface area contributed by atoms with Gasteiger partial charge in [-0.15, -0.1) is 0 Å². The molecule has 49 heavy (non-hydrogen) atoms. The maximum atomic E-state index is 14.4. The van der Waals surface area contributed by atoms with Gasteiger partial charge in [0, 0.05) is 5.56 Å². The fourth-order valence-corrected chi connectivity index (χ4v) is 9.32. The molecule has 6 nitrogen and oxygen atoms in total. The maximum absolute atomic E-state index is 14.4. The average molecular weight is 795 g/mol. The molecule has 0 N–H and O–H groups in total. The van der Waals surface area contributed by atoms with Crippen molar-refractivity contribution >= 4 is 65.7 Å². The number of rotatable bonds is 7. The first-order chi connectivity index (χ1) is 23.9. The van der Waals surface area contributed by atoms with E-state index in [0.717, 1.165) is 55.3 Å². The summed E-state index contributed by atoms with van der Waals surface area (Å²) in [5.74, 6) is 1.96. The minimum Gasteiger partial charge on any atom is -0.493 e. The molecule has 9 heteroatoms. The Hall–Kier alpha value is -4.44. The number of thiazole rings is 1. The number of nitrogens with zero attached hydrogens (tertiary/aromatic N) is 2. The van der Waals surface area contributed by atoms with Crippen molar-refractivity contribution in [3.8, 4) is 17.2 Å². The SMILES string of the molecule is COc1ccc([C@@H]2C3=C(N=c4s/c(=C\c5cc(Br)c(OCc6cccc7ccccc67)c(Br)c5)c(=O)n42)c2ccccc2CC3)cc1OC. The van der Waals surface area contributed by atoms with Crippen LogP contribution in [0.5, 0.6) is 17.2 Å². The van der Waals surface area contributed by atoms with E-state index in [-0.39, 0.29) is 11.6 Å². The lowest BCUT2D eigenvalue weighted by atomic mass is 9.83. The van der Waals surface area contributed by atoms with Crippen LogP contribution in [-0.4, -0.2) is 18.8 Å². The summed E-state index contributed by atoms with van der Waals surface area (Å²) in [6, 6.07) is 32.5. The van der Waals surface area contributed by atoms with Gasteiger partial charge in [-0.3, -0.25) is 9.36 Å². The van der Waals surface area contributed by atoms with Gasteiger partial charge in [-0.05, 0) is 114 Å². The zero-order valence-electron chi connectivity index (χ0n) is 26.7. The smallest absolute Gasteiger partial charge is 0.271 e. The monoisotopic (exact) mass is 792 g/mol. The van der Waals surface area contributed by atoms with Crippen LogP contribution in [0.4, 0.5) is 0 Å². The number of aromatic nitrogens is 1. The predicted octanol–water partition coefficient (Wildman–Crippen LogP) is 8.59. The Kier molecular flexibility index (Phi) is 8.51. The summed E-state index contributed by atoms with van der Waals surface area (Å²) in [5.41, 5.74) is 7.31. The van der Waals surface area contributed by atoms with E-state index in [4.69, 9.17) is 19.2 Å². The molecule has 1 aliphatic heterocycles. The Morgan fingerprint density at radius 2 is 1.63 bits per heavy atom. The molecule has 1 atom stereocenters. The predicted molar refractivity (Wildman–Crippen MR) is 202 cm³/mol. The average Bonchev–Trinajstić information content (AvgIpc) is 3.43. The molecule has 2 heterocycles. The highest BCUT2D eigenvalue weighted by atomic mass is 79.9. The summed E-state index contributed by atoms with van der Waals surface area (Å²) < 4.78 is 21.6. The molecule has 6 aromatic rings. The molecule has 0 radical (unpaired) electrons. The summed E-state index contributed by atoms with van der Waals surface area (Å²) in [5, 5.41) is 2.35. The van der Waals surface area contributed by atoms with Crippen LogP contribution < -0.4 is 29.1 Å². The van der Waals surface area contributed by atoms with Gasteiger partial charge in [0.05, 0.1) is 39.4 Å². The molecule has 0 fully saturated rings. The molecule has 0 unspecified atom stereocenters. The standard InChI is InChI=1S/C40H30Br2N2O4S/c1-46-33-17-15-26(21-34(33)47-2)37-30-16-14-25-9-4-6-13-29(25)36(30)43-40-44(37)39(45)35(49-40)20-23-18-31(41)38(32(42)19-23)48-22-27-11-7-10-24-8-3-5-12-28(24)27/h3-13,15,17-21,37H,14,16,22H2,1-2H3/b35-20-/t37-/m1/s1.